The highest BCUT2D eigenvalue weighted by atomic mass is 19.1. The lowest BCUT2D eigenvalue weighted by atomic mass is 10.1. The normalized spacial score (nSPS) is 24.1. The van der Waals surface area contributed by atoms with Crippen LogP contribution in [0.3, 0.4) is 0 Å². The SMILES string of the molecule is Fc1cnc2c(c1)OCC1CNCCN21. The molecule has 3 heterocycles. The number of anilines is 1. The summed E-state index contributed by atoms with van der Waals surface area (Å²) < 4.78 is 18.4. The second-order valence-corrected chi connectivity index (χ2v) is 3.84. The van der Waals surface area contributed by atoms with Gasteiger partial charge in [0.25, 0.3) is 0 Å². The summed E-state index contributed by atoms with van der Waals surface area (Å²) in [5.41, 5.74) is 0. The van der Waals surface area contributed by atoms with Crippen LogP contribution in [0.1, 0.15) is 0 Å². The van der Waals surface area contributed by atoms with Crippen molar-refractivity contribution in [3.63, 3.8) is 0 Å². The molecule has 4 nitrogen and oxygen atoms in total. The summed E-state index contributed by atoms with van der Waals surface area (Å²) in [5, 5.41) is 3.30. The van der Waals surface area contributed by atoms with Crippen LogP contribution in [0.25, 0.3) is 0 Å². The second-order valence-electron chi connectivity index (χ2n) is 3.84. The molecule has 0 bridgehead atoms. The molecule has 0 saturated carbocycles. The predicted molar refractivity (Wildman–Crippen MR) is 53.7 cm³/mol. The highest BCUT2D eigenvalue weighted by molar-refractivity contribution is 5.55. The molecule has 80 valence electrons. The highest BCUT2D eigenvalue weighted by Gasteiger charge is 2.30. The fraction of sp³-hybridized carbons (Fsp3) is 0.500. The number of fused-ring (bicyclic) bond motifs is 3. The van der Waals surface area contributed by atoms with Crippen molar-refractivity contribution in [2.24, 2.45) is 0 Å². The van der Waals surface area contributed by atoms with E-state index in [4.69, 9.17) is 4.74 Å². The minimum Gasteiger partial charge on any atom is -0.487 e. The Bertz CT molecular complexity index is 385. The number of nitrogens with zero attached hydrogens (tertiary/aromatic N) is 2. The van der Waals surface area contributed by atoms with Crippen molar-refractivity contribution in [3.05, 3.63) is 18.1 Å². The van der Waals surface area contributed by atoms with E-state index in [-0.39, 0.29) is 5.82 Å². The van der Waals surface area contributed by atoms with Crippen LogP contribution in [0, 0.1) is 5.82 Å². The number of nitrogens with one attached hydrogen (secondary N) is 1. The number of hydrogen-bond donors (Lipinski definition) is 1. The number of piperazine rings is 1. The predicted octanol–water partition coefficient (Wildman–Crippen LogP) is 0.391. The number of aromatic nitrogens is 1. The quantitative estimate of drug-likeness (QED) is 0.670. The van der Waals surface area contributed by atoms with E-state index in [0.717, 1.165) is 25.5 Å². The zero-order valence-corrected chi connectivity index (χ0v) is 8.24. The number of ether oxygens (including phenoxy) is 1. The van der Waals surface area contributed by atoms with E-state index in [1.54, 1.807) is 0 Å². The van der Waals surface area contributed by atoms with Crippen molar-refractivity contribution in [2.45, 2.75) is 6.04 Å². The van der Waals surface area contributed by atoms with Gasteiger partial charge in [0.1, 0.15) is 12.4 Å². The second kappa shape index (κ2) is 3.34. The summed E-state index contributed by atoms with van der Waals surface area (Å²) in [5.74, 6) is 0.990. The van der Waals surface area contributed by atoms with Gasteiger partial charge in [-0.25, -0.2) is 9.37 Å². The summed E-state index contributed by atoms with van der Waals surface area (Å²) in [6.07, 6.45) is 1.24. The smallest absolute Gasteiger partial charge is 0.172 e. The van der Waals surface area contributed by atoms with Crippen LogP contribution in [0.5, 0.6) is 5.75 Å². The van der Waals surface area contributed by atoms with Crippen LogP contribution in [0.4, 0.5) is 10.2 Å². The molecule has 1 N–H and O–H groups in total. The topological polar surface area (TPSA) is 37.4 Å². The van der Waals surface area contributed by atoms with E-state index >= 15 is 0 Å². The van der Waals surface area contributed by atoms with E-state index in [1.807, 2.05) is 0 Å². The Morgan fingerprint density at radius 1 is 1.60 bits per heavy atom. The molecular weight excluding hydrogens is 197 g/mol. The number of pyridine rings is 1. The molecule has 1 fully saturated rings. The van der Waals surface area contributed by atoms with Gasteiger partial charge in [-0.2, -0.15) is 0 Å². The number of hydrogen-bond acceptors (Lipinski definition) is 4. The molecule has 1 atom stereocenters. The van der Waals surface area contributed by atoms with Gasteiger partial charge in [-0.15, -0.1) is 0 Å². The van der Waals surface area contributed by atoms with Gasteiger partial charge in [-0.1, -0.05) is 0 Å². The summed E-state index contributed by atoms with van der Waals surface area (Å²) >= 11 is 0. The molecule has 1 saturated heterocycles. The van der Waals surface area contributed by atoms with Crippen molar-refractivity contribution >= 4 is 5.82 Å². The van der Waals surface area contributed by atoms with E-state index in [9.17, 15) is 4.39 Å². The zero-order valence-electron chi connectivity index (χ0n) is 8.24. The zero-order chi connectivity index (χ0) is 10.3. The lowest BCUT2D eigenvalue weighted by molar-refractivity contribution is 0.243. The lowest BCUT2D eigenvalue weighted by Gasteiger charge is -2.40. The summed E-state index contributed by atoms with van der Waals surface area (Å²) in [4.78, 5) is 6.29. The van der Waals surface area contributed by atoms with Gasteiger partial charge in [0.05, 0.1) is 12.2 Å². The highest BCUT2D eigenvalue weighted by Crippen LogP contribution is 2.32. The van der Waals surface area contributed by atoms with E-state index < -0.39 is 0 Å². The van der Waals surface area contributed by atoms with Crippen LogP contribution in [-0.2, 0) is 0 Å². The summed E-state index contributed by atoms with van der Waals surface area (Å²) in [6, 6.07) is 1.73. The van der Waals surface area contributed by atoms with E-state index in [0.29, 0.717) is 18.4 Å². The molecule has 15 heavy (non-hydrogen) atoms. The minimum absolute atomic E-state index is 0.323. The van der Waals surface area contributed by atoms with Gasteiger partial charge in [0.15, 0.2) is 11.6 Å². The Morgan fingerprint density at radius 3 is 3.47 bits per heavy atom. The van der Waals surface area contributed by atoms with E-state index in [1.165, 1.54) is 12.3 Å². The largest absolute Gasteiger partial charge is 0.487 e. The van der Waals surface area contributed by atoms with Gasteiger partial charge in [-0.3, -0.25) is 0 Å². The maximum absolute atomic E-state index is 12.9. The van der Waals surface area contributed by atoms with Crippen molar-refractivity contribution in [1.29, 1.82) is 0 Å². The van der Waals surface area contributed by atoms with Crippen LogP contribution in [0.2, 0.25) is 0 Å². The first-order valence-electron chi connectivity index (χ1n) is 5.10. The maximum atomic E-state index is 12.9. The first-order valence-corrected chi connectivity index (χ1v) is 5.10. The summed E-state index contributed by atoms with van der Waals surface area (Å²) in [6.45, 7) is 3.35. The first-order chi connectivity index (χ1) is 7.34. The van der Waals surface area contributed by atoms with Gasteiger partial charge < -0.3 is 15.0 Å². The van der Waals surface area contributed by atoms with Crippen LogP contribution in [0.15, 0.2) is 12.3 Å². The van der Waals surface area contributed by atoms with Crippen LogP contribution < -0.4 is 15.0 Å². The Hall–Kier alpha value is -1.36. The van der Waals surface area contributed by atoms with Crippen molar-refractivity contribution in [2.75, 3.05) is 31.1 Å². The van der Waals surface area contributed by atoms with Crippen LogP contribution in [-0.4, -0.2) is 37.3 Å². The lowest BCUT2D eigenvalue weighted by Crippen LogP contribution is -2.56. The molecule has 0 amide bonds. The third kappa shape index (κ3) is 1.43. The fourth-order valence-electron chi connectivity index (χ4n) is 2.11. The standard InChI is InChI=1S/C10H12FN3O/c11-7-3-9-10(13-4-7)14-2-1-12-5-8(14)6-15-9/h3-4,8,12H,1-2,5-6H2. The number of halogens is 1. The van der Waals surface area contributed by atoms with Crippen molar-refractivity contribution in [1.82, 2.24) is 10.3 Å². The van der Waals surface area contributed by atoms with Crippen molar-refractivity contribution < 1.29 is 9.13 Å². The fourth-order valence-corrected chi connectivity index (χ4v) is 2.11. The molecule has 1 unspecified atom stereocenters. The third-order valence-corrected chi connectivity index (χ3v) is 2.85. The van der Waals surface area contributed by atoms with E-state index in [2.05, 4.69) is 15.2 Å². The molecule has 2 aliphatic heterocycles. The van der Waals surface area contributed by atoms with Crippen molar-refractivity contribution in [3.8, 4) is 5.75 Å². The average Bonchev–Trinajstić information content (AvgIpc) is 2.28. The Morgan fingerprint density at radius 2 is 2.53 bits per heavy atom. The van der Waals surface area contributed by atoms with Gasteiger partial charge in [0, 0.05) is 25.7 Å². The van der Waals surface area contributed by atoms with Gasteiger partial charge >= 0.3 is 0 Å². The van der Waals surface area contributed by atoms with Crippen LogP contribution >= 0.6 is 0 Å². The van der Waals surface area contributed by atoms with Gasteiger partial charge in [0.2, 0.25) is 0 Å². The Labute approximate surface area is 87.1 Å². The third-order valence-electron chi connectivity index (χ3n) is 2.85. The first kappa shape index (κ1) is 8.91. The molecule has 0 aromatic carbocycles. The average molecular weight is 209 g/mol. The molecule has 1 aromatic heterocycles. The summed E-state index contributed by atoms with van der Waals surface area (Å²) in [7, 11) is 0. The molecule has 0 aliphatic carbocycles. The Kier molecular flexibility index (Phi) is 1.98. The molecule has 0 radical (unpaired) electrons. The van der Waals surface area contributed by atoms with Gasteiger partial charge in [-0.05, 0) is 0 Å². The monoisotopic (exact) mass is 209 g/mol. The molecule has 0 spiro atoms. The molecule has 1 aromatic rings. The molecular formula is C10H12FN3O. The maximum Gasteiger partial charge on any atom is 0.172 e. The molecule has 5 heteroatoms. The minimum atomic E-state index is -0.345. The molecule has 3 rings (SSSR count). The Balaban J connectivity index is 1.99. The molecule has 2 aliphatic rings. The number of rotatable bonds is 0.